The fourth-order valence-corrected chi connectivity index (χ4v) is 6.97. The first kappa shape index (κ1) is 26.1. The van der Waals surface area contributed by atoms with Gasteiger partial charge in [-0.3, -0.25) is 0 Å². The molecule has 0 spiro atoms. The van der Waals surface area contributed by atoms with Gasteiger partial charge in [-0.15, -0.1) is 11.3 Å². The van der Waals surface area contributed by atoms with Crippen LogP contribution in [0.2, 0.25) is 0 Å². The number of fused-ring (bicyclic) bond motifs is 2. The fourth-order valence-electron chi connectivity index (χ4n) is 5.87. The summed E-state index contributed by atoms with van der Waals surface area (Å²) < 4.78 is 1.21. The zero-order valence-electron chi connectivity index (χ0n) is 24.0. The summed E-state index contributed by atoms with van der Waals surface area (Å²) in [5.41, 5.74) is 10.4. The maximum atomic E-state index is 4.95. The van der Waals surface area contributed by atoms with Gasteiger partial charge < -0.3 is 4.90 Å². The number of nitrogens with zero attached hydrogens (tertiary/aromatic N) is 2. The summed E-state index contributed by atoms with van der Waals surface area (Å²) in [7, 11) is 0. The van der Waals surface area contributed by atoms with Crippen molar-refractivity contribution in [3.8, 4) is 32.8 Å². The molecule has 8 rings (SSSR count). The van der Waals surface area contributed by atoms with Gasteiger partial charge in [0.1, 0.15) is 5.01 Å². The van der Waals surface area contributed by atoms with Crippen molar-refractivity contribution in [1.29, 1.82) is 0 Å². The van der Waals surface area contributed by atoms with Crippen LogP contribution in [0.5, 0.6) is 0 Å². The van der Waals surface area contributed by atoms with E-state index in [9.17, 15) is 0 Å². The van der Waals surface area contributed by atoms with Gasteiger partial charge in [0, 0.05) is 28.2 Å². The minimum Gasteiger partial charge on any atom is -0.311 e. The highest BCUT2D eigenvalue weighted by atomic mass is 32.1. The molecule has 7 aromatic carbocycles. The molecule has 44 heavy (non-hydrogen) atoms. The number of benzene rings is 7. The van der Waals surface area contributed by atoms with Crippen LogP contribution in [0.25, 0.3) is 53.8 Å². The first-order chi connectivity index (χ1) is 21.8. The highest BCUT2D eigenvalue weighted by molar-refractivity contribution is 7.22. The standard InChI is InChI=1S/C41H28N2S/c1-3-11-32(12-4-1)41-42-39-17-9-16-38(40(39)44-41)31-22-26-37(27-23-31)43(35-14-5-2-6-15-35)36-24-20-30(21-25-36)34-19-18-29-10-7-8-13-33(29)28-34/h1-28H. The van der Waals surface area contributed by atoms with Crippen LogP contribution in [0.4, 0.5) is 17.1 Å². The van der Waals surface area contributed by atoms with E-state index in [1.807, 2.05) is 6.07 Å². The topological polar surface area (TPSA) is 16.1 Å². The number of hydrogen-bond donors (Lipinski definition) is 0. The van der Waals surface area contributed by atoms with Gasteiger partial charge in [-0.2, -0.15) is 0 Å². The van der Waals surface area contributed by atoms with E-state index in [1.54, 1.807) is 11.3 Å². The molecule has 0 amide bonds. The summed E-state index contributed by atoms with van der Waals surface area (Å²) in [5.74, 6) is 0. The lowest BCUT2D eigenvalue weighted by molar-refractivity contribution is 1.28. The summed E-state index contributed by atoms with van der Waals surface area (Å²) in [6, 6.07) is 60.4. The number of aromatic nitrogens is 1. The number of para-hydroxylation sites is 1. The van der Waals surface area contributed by atoms with E-state index in [0.29, 0.717) is 0 Å². The van der Waals surface area contributed by atoms with Crippen LogP contribution in [0.1, 0.15) is 0 Å². The molecule has 0 aliphatic carbocycles. The van der Waals surface area contributed by atoms with Crippen molar-refractivity contribution in [2.24, 2.45) is 0 Å². The SMILES string of the molecule is c1ccc(-c2nc3cccc(-c4ccc(N(c5ccccc5)c5ccc(-c6ccc7ccccc7c6)cc5)cc4)c3s2)cc1. The Hall–Kier alpha value is -5.51. The van der Waals surface area contributed by atoms with Crippen LogP contribution in [0.15, 0.2) is 170 Å². The van der Waals surface area contributed by atoms with Gasteiger partial charge in [-0.05, 0) is 76.0 Å². The molecule has 208 valence electrons. The largest absolute Gasteiger partial charge is 0.311 e. The molecule has 0 unspecified atom stereocenters. The highest BCUT2D eigenvalue weighted by Gasteiger charge is 2.15. The number of hydrogen-bond acceptors (Lipinski definition) is 3. The fraction of sp³-hybridized carbons (Fsp3) is 0. The van der Waals surface area contributed by atoms with E-state index in [2.05, 4.69) is 169 Å². The minimum atomic E-state index is 1.04. The van der Waals surface area contributed by atoms with Crippen molar-refractivity contribution >= 4 is 49.4 Å². The van der Waals surface area contributed by atoms with E-state index in [-0.39, 0.29) is 0 Å². The van der Waals surface area contributed by atoms with E-state index >= 15 is 0 Å². The Kier molecular flexibility index (Phi) is 6.71. The molecule has 8 aromatic rings. The Balaban J connectivity index is 1.14. The van der Waals surface area contributed by atoms with Gasteiger partial charge in [0.25, 0.3) is 0 Å². The molecule has 1 aromatic heterocycles. The molecule has 0 aliphatic rings. The molecule has 1 heterocycles. The van der Waals surface area contributed by atoms with E-state index in [4.69, 9.17) is 4.98 Å². The summed E-state index contributed by atoms with van der Waals surface area (Å²) in [6.45, 7) is 0. The van der Waals surface area contributed by atoms with Crippen molar-refractivity contribution in [2.75, 3.05) is 4.90 Å². The van der Waals surface area contributed by atoms with E-state index < -0.39 is 0 Å². The van der Waals surface area contributed by atoms with Crippen molar-refractivity contribution < 1.29 is 0 Å². The molecular weight excluding hydrogens is 553 g/mol. The van der Waals surface area contributed by atoms with Crippen LogP contribution in [0.3, 0.4) is 0 Å². The molecule has 0 aliphatic heterocycles. The van der Waals surface area contributed by atoms with Crippen molar-refractivity contribution in [3.63, 3.8) is 0 Å². The van der Waals surface area contributed by atoms with Crippen molar-refractivity contribution in [2.45, 2.75) is 0 Å². The summed E-state index contributed by atoms with van der Waals surface area (Å²) in [5, 5.41) is 3.56. The second-order valence-electron chi connectivity index (χ2n) is 10.9. The first-order valence-electron chi connectivity index (χ1n) is 14.8. The third kappa shape index (κ3) is 4.94. The lowest BCUT2D eigenvalue weighted by Gasteiger charge is -2.26. The maximum absolute atomic E-state index is 4.95. The average molecular weight is 581 g/mol. The van der Waals surface area contributed by atoms with E-state index in [1.165, 1.54) is 37.7 Å². The lowest BCUT2D eigenvalue weighted by Crippen LogP contribution is -2.09. The van der Waals surface area contributed by atoms with Gasteiger partial charge in [-0.25, -0.2) is 4.98 Å². The molecule has 0 saturated heterocycles. The van der Waals surface area contributed by atoms with Crippen LogP contribution >= 0.6 is 11.3 Å². The maximum Gasteiger partial charge on any atom is 0.124 e. The number of rotatable bonds is 6. The van der Waals surface area contributed by atoms with Crippen LogP contribution in [-0.2, 0) is 0 Å². The minimum absolute atomic E-state index is 1.04. The highest BCUT2D eigenvalue weighted by Crippen LogP contribution is 2.40. The average Bonchev–Trinajstić information content (AvgIpc) is 3.55. The van der Waals surface area contributed by atoms with Gasteiger partial charge in [0.2, 0.25) is 0 Å². The van der Waals surface area contributed by atoms with Crippen LogP contribution in [-0.4, -0.2) is 4.98 Å². The zero-order valence-corrected chi connectivity index (χ0v) is 24.8. The monoisotopic (exact) mass is 580 g/mol. The molecule has 0 N–H and O–H groups in total. The molecule has 0 bridgehead atoms. The Labute approximate surface area is 261 Å². The molecule has 0 fully saturated rings. The Bertz CT molecular complexity index is 2200. The third-order valence-electron chi connectivity index (χ3n) is 8.09. The molecule has 0 radical (unpaired) electrons. The molecule has 2 nitrogen and oxygen atoms in total. The van der Waals surface area contributed by atoms with Crippen LogP contribution < -0.4 is 4.90 Å². The Morgan fingerprint density at radius 2 is 1.00 bits per heavy atom. The van der Waals surface area contributed by atoms with Gasteiger partial charge in [0.15, 0.2) is 0 Å². The van der Waals surface area contributed by atoms with Gasteiger partial charge in [-0.1, -0.05) is 121 Å². The second-order valence-corrected chi connectivity index (χ2v) is 11.9. The second kappa shape index (κ2) is 11.3. The predicted octanol–water partition coefficient (Wildman–Crippen LogP) is 11.9. The lowest BCUT2D eigenvalue weighted by atomic mass is 10.0. The molecule has 3 heteroatoms. The summed E-state index contributed by atoms with van der Waals surface area (Å²) in [4.78, 5) is 7.26. The molecule has 0 saturated carbocycles. The van der Waals surface area contributed by atoms with Crippen molar-refractivity contribution in [3.05, 3.63) is 170 Å². The zero-order chi connectivity index (χ0) is 29.3. The third-order valence-corrected chi connectivity index (χ3v) is 9.25. The molecule has 0 atom stereocenters. The van der Waals surface area contributed by atoms with E-state index in [0.717, 1.165) is 33.1 Å². The molecular formula is C41H28N2S. The summed E-state index contributed by atoms with van der Waals surface area (Å²) >= 11 is 1.75. The smallest absolute Gasteiger partial charge is 0.124 e. The van der Waals surface area contributed by atoms with Crippen LogP contribution in [0, 0.1) is 0 Å². The van der Waals surface area contributed by atoms with Crippen molar-refractivity contribution in [1.82, 2.24) is 4.98 Å². The number of thiazole rings is 1. The van der Waals surface area contributed by atoms with Gasteiger partial charge in [0.05, 0.1) is 10.2 Å². The Morgan fingerprint density at radius 3 is 1.73 bits per heavy atom. The number of anilines is 3. The Morgan fingerprint density at radius 1 is 0.409 bits per heavy atom. The first-order valence-corrected chi connectivity index (χ1v) is 15.6. The summed E-state index contributed by atoms with van der Waals surface area (Å²) in [6.07, 6.45) is 0. The normalized spacial score (nSPS) is 11.2. The van der Waals surface area contributed by atoms with Gasteiger partial charge >= 0.3 is 0 Å². The quantitative estimate of drug-likeness (QED) is 0.194. The predicted molar refractivity (Wildman–Crippen MR) is 188 cm³/mol.